The van der Waals surface area contributed by atoms with Crippen molar-refractivity contribution in [1.82, 2.24) is 4.98 Å². The maximum atomic E-state index is 12.3. The molecule has 2 N–H and O–H groups in total. The fourth-order valence-electron chi connectivity index (χ4n) is 1.75. The number of rotatable bonds is 5. The fraction of sp³-hybridized carbons (Fsp3) is 0.545. The molecule has 6 nitrogen and oxygen atoms in total. The first kappa shape index (κ1) is 15.1. The van der Waals surface area contributed by atoms with E-state index < -0.39 is 13.3 Å². The summed E-state index contributed by atoms with van der Waals surface area (Å²) in [7, 11) is -0.746. The third kappa shape index (κ3) is 2.57. The molecule has 18 heavy (non-hydrogen) atoms. The first-order valence-electron chi connectivity index (χ1n) is 5.40. The summed E-state index contributed by atoms with van der Waals surface area (Å²) >= 11 is 0. The molecule has 0 aliphatic rings. The molecular formula is C11H18NO5P. The van der Waals surface area contributed by atoms with E-state index in [4.69, 9.17) is 9.05 Å². The Morgan fingerprint density at radius 2 is 2.00 bits per heavy atom. The molecule has 0 radical (unpaired) electrons. The Kier molecular flexibility index (Phi) is 4.87. The van der Waals surface area contributed by atoms with E-state index in [1.165, 1.54) is 20.4 Å². The molecule has 1 aromatic heterocycles. The van der Waals surface area contributed by atoms with Gasteiger partial charge in [0.15, 0.2) is 0 Å². The summed E-state index contributed by atoms with van der Waals surface area (Å²) < 4.78 is 22.1. The Labute approximate surface area is 106 Å². The van der Waals surface area contributed by atoms with E-state index in [0.29, 0.717) is 16.8 Å². The van der Waals surface area contributed by atoms with E-state index in [0.717, 1.165) is 0 Å². The molecule has 7 heteroatoms. The van der Waals surface area contributed by atoms with Crippen molar-refractivity contribution < 1.29 is 23.8 Å². The first-order valence-corrected chi connectivity index (χ1v) is 7.01. The van der Waals surface area contributed by atoms with Crippen LogP contribution in [-0.4, -0.2) is 29.4 Å². The van der Waals surface area contributed by atoms with Gasteiger partial charge < -0.3 is 19.3 Å². The Morgan fingerprint density at radius 3 is 2.44 bits per heavy atom. The molecule has 0 saturated heterocycles. The van der Waals surface area contributed by atoms with Crippen LogP contribution in [0.3, 0.4) is 0 Å². The Bertz CT molecular complexity index is 469. The summed E-state index contributed by atoms with van der Waals surface area (Å²) in [5.41, 5.74) is 0.519. The van der Waals surface area contributed by atoms with Crippen LogP contribution in [0.5, 0.6) is 5.75 Å². The summed E-state index contributed by atoms with van der Waals surface area (Å²) in [6, 6.07) is 0. The molecule has 0 fully saturated rings. The molecular weight excluding hydrogens is 257 g/mol. The van der Waals surface area contributed by atoms with Gasteiger partial charge >= 0.3 is 7.60 Å². The van der Waals surface area contributed by atoms with Crippen LogP contribution in [-0.2, 0) is 20.2 Å². The van der Waals surface area contributed by atoms with E-state index >= 15 is 0 Å². The lowest BCUT2D eigenvalue weighted by atomic mass is 10.1. The molecule has 0 aromatic carbocycles. The lowest BCUT2D eigenvalue weighted by Gasteiger charge is -2.23. The first-order chi connectivity index (χ1) is 8.41. The average molecular weight is 275 g/mol. The number of aryl methyl sites for hydroxylation is 1. The molecule has 1 atom stereocenters. The minimum absolute atomic E-state index is 0.0967. The summed E-state index contributed by atoms with van der Waals surface area (Å²) in [4.78, 5) is 4.00. The van der Waals surface area contributed by atoms with Gasteiger partial charge in [-0.05, 0) is 19.4 Å². The number of aliphatic hydroxyl groups is 1. The highest BCUT2D eigenvalue weighted by atomic mass is 31.2. The third-order valence-corrected chi connectivity index (χ3v) is 5.21. The maximum Gasteiger partial charge on any atom is 0.337 e. The monoisotopic (exact) mass is 275 g/mol. The molecule has 102 valence electrons. The van der Waals surface area contributed by atoms with E-state index in [9.17, 15) is 14.8 Å². The van der Waals surface area contributed by atoms with Gasteiger partial charge in [0.2, 0.25) is 0 Å². The van der Waals surface area contributed by atoms with Crippen molar-refractivity contribution in [2.75, 3.05) is 14.2 Å². The highest BCUT2D eigenvalue weighted by molar-refractivity contribution is 7.54. The highest BCUT2D eigenvalue weighted by Gasteiger charge is 2.34. The molecule has 0 bridgehead atoms. The number of pyridine rings is 1. The molecule has 0 saturated carbocycles. The summed E-state index contributed by atoms with van der Waals surface area (Å²) in [6.45, 7) is 2.89. The van der Waals surface area contributed by atoms with Crippen LogP contribution in [0.4, 0.5) is 0 Å². The van der Waals surface area contributed by atoms with E-state index in [1.807, 2.05) is 0 Å². The van der Waals surface area contributed by atoms with Gasteiger partial charge in [-0.2, -0.15) is 0 Å². The molecule has 0 aliphatic carbocycles. The molecule has 1 unspecified atom stereocenters. The molecule has 0 aliphatic heterocycles. The van der Waals surface area contributed by atoms with Gasteiger partial charge in [-0.1, -0.05) is 0 Å². The van der Waals surface area contributed by atoms with E-state index in [2.05, 4.69) is 4.98 Å². The number of aromatic hydroxyl groups is 1. The SMILES string of the molecule is COP(=O)(OC)C(C)c1cnc(C)c(O)c1CO. The lowest BCUT2D eigenvalue weighted by Crippen LogP contribution is -2.05. The molecule has 0 amide bonds. The minimum Gasteiger partial charge on any atom is -0.506 e. The molecule has 1 aromatic rings. The zero-order valence-electron chi connectivity index (χ0n) is 10.9. The second kappa shape index (κ2) is 5.80. The molecule has 0 spiro atoms. The molecule has 1 rings (SSSR count). The highest BCUT2D eigenvalue weighted by Crippen LogP contribution is 2.60. The topological polar surface area (TPSA) is 88.9 Å². The summed E-state index contributed by atoms with van der Waals surface area (Å²) in [6.07, 6.45) is 1.47. The zero-order chi connectivity index (χ0) is 13.9. The number of nitrogens with zero attached hydrogens (tertiary/aromatic N) is 1. The van der Waals surface area contributed by atoms with Gasteiger partial charge in [-0.25, -0.2) is 0 Å². The molecule has 1 heterocycles. The average Bonchev–Trinajstić information content (AvgIpc) is 2.39. The fourth-order valence-corrected chi connectivity index (χ4v) is 3.09. The second-order valence-electron chi connectivity index (χ2n) is 3.87. The van der Waals surface area contributed by atoms with Crippen molar-refractivity contribution in [3.05, 3.63) is 23.0 Å². The van der Waals surface area contributed by atoms with Crippen LogP contribution in [0, 0.1) is 6.92 Å². The van der Waals surface area contributed by atoms with Crippen molar-refractivity contribution in [1.29, 1.82) is 0 Å². The van der Waals surface area contributed by atoms with Crippen molar-refractivity contribution >= 4 is 7.60 Å². The number of hydrogen-bond acceptors (Lipinski definition) is 6. The predicted molar refractivity (Wildman–Crippen MR) is 66.6 cm³/mol. The summed E-state index contributed by atoms with van der Waals surface area (Å²) in [5, 5.41) is 19.2. The lowest BCUT2D eigenvalue weighted by molar-refractivity contribution is 0.262. The van der Waals surface area contributed by atoms with Crippen LogP contribution in [0.15, 0.2) is 6.20 Å². The quantitative estimate of drug-likeness (QED) is 0.800. The van der Waals surface area contributed by atoms with Crippen LogP contribution >= 0.6 is 7.60 Å². The van der Waals surface area contributed by atoms with Crippen molar-refractivity contribution in [2.45, 2.75) is 26.1 Å². The van der Waals surface area contributed by atoms with Crippen LogP contribution in [0.2, 0.25) is 0 Å². The maximum absolute atomic E-state index is 12.3. The van der Waals surface area contributed by atoms with Crippen LogP contribution in [0.25, 0.3) is 0 Å². The Morgan fingerprint density at radius 1 is 1.44 bits per heavy atom. The van der Waals surface area contributed by atoms with Gasteiger partial charge in [0.05, 0.1) is 18.0 Å². The van der Waals surface area contributed by atoms with Crippen LogP contribution in [0.1, 0.15) is 29.4 Å². The van der Waals surface area contributed by atoms with E-state index in [-0.39, 0.29) is 12.4 Å². The van der Waals surface area contributed by atoms with Gasteiger partial charge in [0.1, 0.15) is 5.75 Å². The Balaban J connectivity index is 3.34. The summed E-state index contributed by atoms with van der Waals surface area (Å²) in [5.74, 6) is -0.0967. The largest absolute Gasteiger partial charge is 0.506 e. The smallest absolute Gasteiger partial charge is 0.337 e. The Hall–Kier alpha value is -0.940. The van der Waals surface area contributed by atoms with Gasteiger partial charge in [0, 0.05) is 26.0 Å². The van der Waals surface area contributed by atoms with Crippen LogP contribution < -0.4 is 0 Å². The standard InChI is InChI=1S/C11H18NO5P/c1-7-11(14)10(6-13)9(5-12-7)8(2)18(15,16-3)17-4/h5,8,13-14H,6H2,1-4H3. The van der Waals surface area contributed by atoms with Crippen molar-refractivity contribution in [2.24, 2.45) is 0 Å². The van der Waals surface area contributed by atoms with Crippen molar-refractivity contribution in [3.8, 4) is 5.75 Å². The minimum atomic E-state index is -3.33. The number of hydrogen-bond donors (Lipinski definition) is 2. The van der Waals surface area contributed by atoms with E-state index in [1.54, 1.807) is 13.8 Å². The predicted octanol–water partition coefficient (Wildman–Crippen LogP) is 2.13. The van der Waals surface area contributed by atoms with Gasteiger partial charge in [0.25, 0.3) is 0 Å². The zero-order valence-corrected chi connectivity index (χ0v) is 11.8. The normalized spacial score (nSPS) is 13.6. The number of aromatic nitrogens is 1. The second-order valence-corrected chi connectivity index (χ2v) is 6.45. The van der Waals surface area contributed by atoms with Crippen molar-refractivity contribution in [3.63, 3.8) is 0 Å². The third-order valence-electron chi connectivity index (χ3n) is 2.97. The number of aliphatic hydroxyl groups excluding tert-OH is 1. The van der Waals surface area contributed by atoms with Gasteiger partial charge in [-0.15, -0.1) is 0 Å². The van der Waals surface area contributed by atoms with Gasteiger partial charge in [-0.3, -0.25) is 9.55 Å².